The first-order valence-electron chi connectivity index (χ1n) is 10.6. The molecule has 9 heteroatoms. The maximum absolute atomic E-state index is 13.3. The van der Waals surface area contributed by atoms with Gasteiger partial charge in [0.2, 0.25) is 0 Å². The number of ketones is 1. The van der Waals surface area contributed by atoms with Gasteiger partial charge in [0.15, 0.2) is 16.6 Å². The molecule has 35 heavy (non-hydrogen) atoms. The number of nitrogens with zero attached hydrogens (tertiary/aromatic N) is 2. The molecular formula is C26H19ClN2O5S. The van der Waals surface area contributed by atoms with Crippen LogP contribution in [0, 0.1) is 6.92 Å². The smallest absolute Gasteiger partial charge is 0.301 e. The molecule has 0 bridgehead atoms. The molecule has 1 saturated heterocycles. The Hall–Kier alpha value is -3.88. The van der Waals surface area contributed by atoms with E-state index in [1.807, 2.05) is 6.92 Å². The topological polar surface area (TPSA) is 100.0 Å². The quantitative estimate of drug-likeness (QED) is 0.212. The van der Waals surface area contributed by atoms with Crippen LogP contribution in [0.3, 0.4) is 0 Å². The van der Waals surface area contributed by atoms with Gasteiger partial charge in [-0.1, -0.05) is 58.8 Å². The molecule has 0 radical (unpaired) electrons. The molecule has 1 aromatic heterocycles. The molecule has 1 unspecified atom stereocenters. The van der Waals surface area contributed by atoms with Crippen molar-refractivity contribution in [3.05, 3.63) is 87.9 Å². The van der Waals surface area contributed by atoms with Gasteiger partial charge < -0.3 is 14.9 Å². The van der Waals surface area contributed by atoms with E-state index in [-0.39, 0.29) is 28.0 Å². The summed E-state index contributed by atoms with van der Waals surface area (Å²) in [5.74, 6) is -1.88. The van der Waals surface area contributed by atoms with Crippen LogP contribution in [0.4, 0.5) is 5.13 Å². The standard InChI is InChI=1S/C26H19ClN2O5S/c1-13-3-5-14(6-4-13)23(31)21-22(15-7-10-18(30)19(11-15)34-2)29(25(33)24(21)32)26-28-17-9-8-16(27)12-20(17)35-26/h3-12,22,30-31H,1-2H3. The Balaban J connectivity index is 1.75. The number of phenolic OH excluding ortho intramolecular Hbond substituents is 1. The maximum atomic E-state index is 13.3. The molecule has 1 aliphatic rings. The number of rotatable bonds is 4. The second kappa shape index (κ2) is 8.72. The number of aliphatic hydroxyl groups excluding tert-OH is 1. The maximum Gasteiger partial charge on any atom is 0.301 e. The monoisotopic (exact) mass is 506 g/mol. The zero-order valence-corrected chi connectivity index (χ0v) is 20.2. The largest absolute Gasteiger partial charge is 0.507 e. The number of anilines is 1. The Kier molecular flexibility index (Phi) is 5.70. The highest BCUT2D eigenvalue weighted by Gasteiger charge is 2.48. The summed E-state index contributed by atoms with van der Waals surface area (Å²) in [6.07, 6.45) is 0. The van der Waals surface area contributed by atoms with E-state index in [4.69, 9.17) is 16.3 Å². The van der Waals surface area contributed by atoms with Crippen molar-refractivity contribution in [3.8, 4) is 11.5 Å². The zero-order chi connectivity index (χ0) is 24.9. The van der Waals surface area contributed by atoms with E-state index in [2.05, 4.69) is 4.98 Å². The number of halogens is 1. The lowest BCUT2D eigenvalue weighted by molar-refractivity contribution is -0.132. The van der Waals surface area contributed by atoms with Crippen molar-refractivity contribution >= 4 is 55.7 Å². The number of aromatic nitrogens is 1. The molecule has 1 fully saturated rings. The highest BCUT2D eigenvalue weighted by atomic mass is 35.5. The lowest BCUT2D eigenvalue weighted by atomic mass is 9.95. The number of aromatic hydroxyl groups is 1. The summed E-state index contributed by atoms with van der Waals surface area (Å²) in [7, 11) is 1.40. The van der Waals surface area contributed by atoms with Gasteiger partial charge in [0.1, 0.15) is 5.76 Å². The molecule has 1 aliphatic heterocycles. The Morgan fingerprint density at radius 3 is 2.54 bits per heavy atom. The minimum Gasteiger partial charge on any atom is -0.507 e. The number of hydrogen-bond acceptors (Lipinski definition) is 7. The fourth-order valence-corrected chi connectivity index (χ4v) is 5.33. The van der Waals surface area contributed by atoms with Crippen molar-refractivity contribution in [2.45, 2.75) is 13.0 Å². The number of benzene rings is 3. The van der Waals surface area contributed by atoms with Crippen molar-refractivity contribution in [1.29, 1.82) is 0 Å². The molecule has 1 amide bonds. The number of fused-ring (bicyclic) bond motifs is 1. The number of thiazole rings is 1. The van der Waals surface area contributed by atoms with Gasteiger partial charge in [0.25, 0.3) is 5.78 Å². The van der Waals surface area contributed by atoms with Crippen LogP contribution >= 0.6 is 22.9 Å². The summed E-state index contributed by atoms with van der Waals surface area (Å²) in [6.45, 7) is 1.91. The Bertz CT molecular complexity index is 1530. The van der Waals surface area contributed by atoms with Crippen LogP contribution in [0.1, 0.15) is 22.7 Å². The molecule has 1 atom stereocenters. The molecular weight excluding hydrogens is 488 g/mol. The molecule has 0 spiro atoms. The minimum atomic E-state index is -0.998. The van der Waals surface area contributed by atoms with E-state index in [0.29, 0.717) is 21.7 Å². The first-order valence-corrected chi connectivity index (χ1v) is 11.8. The minimum absolute atomic E-state index is 0.0797. The third kappa shape index (κ3) is 3.90. The van der Waals surface area contributed by atoms with Gasteiger partial charge >= 0.3 is 5.91 Å². The summed E-state index contributed by atoms with van der Waals surface area (Å²) < 4.78 is 6.00. The van der Waals surface area contributed by atoms with E-state index < -0.39 is 17.7 Å². The first kappa shape index (κ1) is 22.9. The number of Topliss-reactive ketones (excluding diaryl/α,β-unsaturated/α-hetero) is 1. The molecule has 3 aromatic carbocycles. The number of phenols is 1. The molecule has 2 N–H and O–H groups in total. The van der Waals surface area contributed by atoms with Gasteiger partial charge in [-0.15, -0.1) is 0 Å². The molecule has 0 saturated carbocycles. The second-order valence-electron chi connectivity index (χ2n) is 8.07. The van der Waals surface area contributed by atoms with Crippen LogP contribution in [0.15, 0.2) is 66.2 Å². The van der Waals surface area contributed by atoms with E-state index in [1.165, 1.54) is 35.5 Å². The molecule has 176 valence electrons. The lowest BCUT2D eigenvalue weighted by Gasteiger charge is -2.23. The third-order valence-electron chi connectivity index (χ3n) is 5.83. The SMILES string of the molecule is COc1cc(C2C(=C(O)c3ccc(C)cc3)C(=O)C(=O)N2c2nc3ccc(Cl)cc3s2)ccc1O. The van der Waals surface area contributed by atoms with Crippen molar-refractivity contribution in [3.63, 3.8) is 0 Å². The van der Waals surface area contributed by atoms with Crippen molar-refractivity contribution < 1.29 is 24.5 Å². The van der Waals surface area contributed by atoms with Crippen LogP contribution in [0.5, 0.6) is 11.5 Å². The predicted molar refractivity (Wildman–Crippen MR) is 135 cm³/mol. The van der Waals surface area contributed by atoms with Gasteiger partial charge in [-0.25, -0.2) is 4.98 Å². The number of methoxy groups -OCH3 is 1. The van der Waals surface area contributed by atoms with E-state index >= 15 is 0 Å². The summed E-state index contributed by atoms with van der Waals surface area (Å²) >= 11 is 7.33. The third-order valence-corrected chi connectivity index (χ3v) is 7.09. The Morgan fingerprint density at radius 2 is 1.83 bits per heavy atom. The lowest BCUT2D eigenvalue weighted by Crippen LogP contribution is -2.29. The fourth-order valence-electron chi connectivity index (χ4n) is 4.07. The number of carbonyl (C=O) groups is 2. The van der Waals surface area contributed by atoms with Gasteiger partial charge in [0.05, 0.1) is 28.9 Å². The van der Waals surface area contributed by atoms with Crippen molar-refractivity contribution in [2.75, 3.05) is 12.0 Å². The van der Waals surface area contributed by atoms with E-state index in [1.54, 1.807) is 48.5 Å². The molecule has 7 nitrogen and oxygen atoms in total. The highest BCUT2D eigenvalue weighted by molar-refractivity contribution is 7.22. The summed E-state index contributed by atoms with van der Waals surface area (Å²) in [6, 6.07) is 15.7. The van der Waals surface area contributed by atoms with Crippen LogP contribution in [0.25, 0.3) is 16.0 Å². The van der Waals surface area contributed by atoms with Crippen molar-refractivity contribution in [2.24, 2.45) is 0 Å². The zero-order valence-electron chi connectivity index (χ0n) is 18.7. The van der Waals surface area contributed by atoms with E-state index in [0.717, 1.165) is 10.3 Å². The van der Waals surface area contributed by atoms with Gasteiger partial charge in [-0.05, 0) is 42.8 Å². The number of ether oxygens (including phenoxy) is 1. The molecule has 0 aliphatic carbocycles. The molecule has 2 heterocycles. The fraction of sp³-hybridized carbons (Fsp3) is 0.115. The highest BCUT2D eigenvalue weighted by Crippen LogP contribution is 2.45. The molecule has 4 aromatic rings. The average Bonchev–Trinajstić information content (AvgIpc) is 3.37. The van der Waals surface area contributed by atoms with Crippen LogP contribution in [-0.2, 0) is 9.59 Å². The number of carbonyl (C=O) groups excluding carboxylic acids is 2. The Morgan fingerprint density at radius 1 is 1.09 bits per heavy atom. The van der Waals surface area contributed by atoms with Crippen molar-refractivity contribution in [1.82, 2.24) is 4.98 Å². The van der Waals surface area contributed by atoms with Crippen LogP contribution in [0.2, 0.25) is 5.02 Å². The summed E-state index contributed by atoms with van der Waals surface area (Å²) in [5, 5.41) is 22.1. The van der Waals surface area contributed by atoms with Gasteiger partial charge in [-0.2, -0.15) is 0 Å². The number of hydrogen-bond donors (Lipinski definition) is 2. The number of aliphatic hydroxyl groups is 1. The predicted octanol–water partition coefficient (Wildman–Crippen LogP) is 5.60. The summed E-state index contributed by atoms with van der Waals surface area (Å²) in [4.78, 5) is 32.5. The van der Waals surface area contributed by atoms with E-state index in [9.17, 15) is 19.8 Å². The first-order chi connectivity index (χ1) is 16.8. The second-order valence-corrected chi connectivity index (χ2v) is 9.52. The average molecular weight is 507 g/mol. The van der Waals surface area contributed by atoms with Crippen LogP contribution in [-0.4, -0.2) is 34.0 Å². The number of aryl methyl sites for hydroxylation is 1. The van der Waals surface area contributed by atoms with Crippen LogP contribution < -0.4 is 9.64 Å². The molecule has 5 rings (SSSR count). The Labute approximate surface area is 209 Å². The summed E-state index contributed by atoms with van der Waals surface area (Å²) in [5.41, 5.74) is 2.39. The normalized spacial score (nSPS) is 17.3. The van der Waals surface area contributed by atoms with Gasteiger partial charge in [0, 0.05) is 10.6 Å². The number of amides is 1. The van der Waals surface area contributed by atoms with Gasteiger partial charge in [-0.3, -0.25) is 14.5 Å².